The Morgan fingerprint density at radius 1 is 0.778 bits per heavy atom. The van der Waals surface area contributed by atoms with Gasteiger partial charge in [-0.05, 0) is 36.1 Å². The predicted octanol–water partition coefficient (Wildman–Crippen LogP) is 0.742. The Morgan fingerprint density at radius 2 is 1.26 bits per heavy atom. The molecule has 0 spiro atoms. The van der Waals surface area contributed by atoms with Crippen LogP contribution in [0.4, 0.5) is 0 Å². The summed E-state index contributed by atoms with van der Waals surface area (Å²) in [6.07, 6.45) is 1.01. The van der Waals surface area contributed by atoms with Crippen molar-refractivity contribution in [3.05, 3.63) is 65.7 Å². The third-order valence-corrected chi connectivity index (χ3v) is 4.82. The van der Waals surface area contributed by atoms with E-state index in [9.17, 15) is 18.0 Å². The molecule has 4 N–H and O–H groups in total. The zero-order valence-corrected chi connectivity index (χ0v) is 15.7. The molecule has 0 atom stereocenters. The molecule has 144 valence electrons. The third-order valence-electron chi connectivity index (χ3n) is 3.89. The fraction of sp³-hybridized carbons (Fsp3) is 0.263. The lowest BCUT2D eigenvalue weighted by atomic mass is 10.1. The van der Waals surface area contributed by atoms with E-state index in [4.69, 9.17) is 5.14 Å². The molecular formula is C19H23N3O4S. The molecule has 2 aromatic carbocycles. The number of hydrogen-bond acceptors (Lipinski definition) is 4. The zero-order chi connectivity index (χ0) is 19.7. The average molecular weight is 389 g/mol. The summed E-state index contributed by atoms with van der Waals surface area (Å²) in [7, 11) is -3.71. The van der Waals surface area contributed by atoms with Crippen molar-refractivity contribution in [3.8, 4) is 0 Å². The minimum absolute atomic E-state index is 0.0439. The van der Waals surface area contributed by atoms with Crippen LogP contribution in [0.1, 0.15) is 17.5 Å². The first-order chi connectivity index (χ1) is 12.8. The Hall–Kier alpha value is -2.71. The maximum Gasteiger partial charge on any atom is 0.238 e. The summed E-state index contributed by atoms with van der Waals surface area (Å²) in [6, 6.07) is 15.9. The Bertz CT molecular complexity index is 866. The van der Waals surface area contributed by atoms with Crippen LogP contribution < -0.4 is 15.8 Å². The number of benzene rings is 2. The molecule has 2 rings (SSSR count). The molecule has 27 heavy (non-hydrogen) atoms. The number of rotatable bonds is 9. The number of hydrogen-bond donors (Lipinski definition) is 3. The zero-order valence-electron chi connectivity index (χ0n) is 14.9. The van der Waals surface area contributed by atoms with Gasteiger partial charge in [0.1, 0.15) is 6.42 Å². The number of nitrogens with one attached hydrogen (secondary N) is 2. The smallest absolute Gasteiger partial charge is 0.238 e. The fourth-order valence-corrected chi connectivity index (χ4v) is 2.97. The van der Waals surface area contributed by atoms with E-state index in [1.807, 2.05) is 30.3 Å². The summed E-state index contributed by atoms with van der Waals surface area (Å²) in [5.74, 6) is -0.672. The van der Waals surface area contributed by atoms with Gasteiger partial charge < -0.3 is 10.6 Å². The fourth-order valence-electron chi connectivity index (χ4n) is 2.45. The van der Waals surface area contributed by atoms with Crippen LogP contribution >= 0.6 is 0 Å². The van der Waals surface area contributed by atoms with Gasteiger partial charge in [0.15, 0.2) is 0 Å². The molecule has 2 amide bonds. The van der Waals surface area contributed by atoms with E-state index in [1.165, 1.54) is 12.1 Å². The number of nitrogens with two attached hydrogens (primary N) is 1. The SMILES string of the molecule is NS(=O)(=O)c1ccc(CCNC(=O)CC(=O)NCCc2ccccc2)cc1. The number of amides is 2. The predicted molar refractivity (Wildman–Crippen MR) is 102 cm³/mol. The first-order valence-electron chi connectivity index (χ1n) is 8.53. The number of carbonyl (C=O) groups is 2. The Balaban J connectivity index is 1.64. The highest BCUT2D eigenvalue weighted by molar-refractivity contribution is 7.89. The Labute approximate surface area is 159 Å². The Kier molecular flexibility index (Phi) is 7.51. The van der Waals surface area contributed by atoms with Gasteiger partial charge in [0.25, 0.3) is 0 Å². The molecule has 0 aliphatic heterocycles. The van der Waals surface area contributed by atoms with Crippen molar-refractivity contribution < 1.29 is 18.0 Å². The van der Waals surface area contributed by atoms with Crippen molar-refractivity contribution in [1.82, 2.24) is 10.6 Å². The molecule has 0 radical (unpaired) electrons. The summed E-state index contributed by atoms with van der Waals surface area (Å²) in [5.41, 5.74) is 1.98. The van der Waals surface area contributed by atoms with Gasteiger partial charge in [0.2, 0.25) is 21.8 Å². The minimum Gasteiger partial charge on any atom is -0.355 e. The normalized spacial score (nSPS) is 11.0. The molecule has 0 saturated carbocycles. The first kappa shape index (κ1) is 20.6. The summed E-state index contributed by atoms with van der Waals surface area (Å²) in [5, 5.41) is 10.4. The van der Waals surface area contributed by atoms with Crippen LogP contribution in [-0.4, -0.2) is 33.3 Å². The molecular weight excluding hydrogens is 366 g/mol. The maximum atomic E-state index is 11.8. The van der Waals surface area contributed by atoms with E-state index in [0.717, 1.165) is 11.1 Å². The highest BCUT2D eigenvalue weighted by atomic mass is 32.2. The molecule has 8 heteroatoms. The molecule has 0 bridgehead atoms. The van der Waals surface area contributed by atoms with Crippen LogP contribution in [0.5, 0.6) is 0 Å². The van der Waals surface area contributed by atoms with Crippen LogP contribution in [0.2, 0.25) is 0 Å². The average Bonchev–Trinajstić information content (AvgIpc) is 2.62. The molecule has 0 aliphatic rings. The van der Waals surface area contributed by atoms with Crippen molar-refractivity contribution in [2.75, 3.05) is 13.1 Å². The summed E-state index contributed by atoms with van der Waals surface area (Å²) >= 11 is 0. The molecule has 0 aliphatic carbocycles. The molecule has 0 aromatic heterocycles. The van der Waals surface area contributed by atoms with E-state index in [0.29, 0.717) is 25.9 Å². The van der Waals surface area contributed by atoms with Crippen LogP contribution in [0.25, 0.3) is 0 Å². The van der Waals surface area contributed by atoms with E-state index in [-0.39, 0.29) is 23.1 Å². The van der Waals surface area contributed by atoms with Crippen molar-refractivity contribution in [2.45, 2.75) is 24.2 Å². The molecule has 0 heterocycles. The highest BCUT2D eigenvalue weighted by Gasteiger charge is 2.09. The summed E-state index contributed by atoms with van der Waals surface area (Å²) < 4.78 is 22.4. The van der Waals surface area contributed by atoms with Gasteiger partial charge in [0.05, 0.1) is 4.90 Å². The molecule has 7 nitrogen and oxygen atoms in total. The quantitative estimate of drug-likeness (QED) is 0.548. The van der Waals surface area contributed by atoms with E-state index in [2.05, 4.69) is 10.6 Å². The second kappa shape index (κ2) is 9.84. The largest absolute Gasteiger partial charge is 0.355 e. The number of carbonyl (C=O) groups excluding carboxylic acids is 2. The van der Waals surface area contributed by atoms with Crippen molar-refractivity contribution in [1.29, 1.82) is 0 Å². The topological polar surface area (TPSA) is 118 Å². The van der Waals surface area contributed by atoms with Crippen molar-refractivity contribution in [3.63, 3.8) is 0 Å². The van der Waals surface area contributed by atoms with Gasteiger partial charge in [-0.2, -0.15) is 0 Å². The third kappa shape index (κ3) is 7.59. The monoisotopic (exact) mass is 389 g/mol. The van der Waals surface area contributed by atoms with Gasteiger partial charge in [-0.15, -0.1) is 0 Å². The van der Waals surface area contributed by atoms with Crippen LogP contribution in [0.3, 0.4) is 0 Å². The van der Waals surface area contributed by atoms with Crippen molar-refractivity contribution in [2.24, 2.45) is 5.14 Å². The molecule has 0 fully saturated rings. The van der Waals surface area contributed by atoms with Gasteiger partial charge in [-0.1, -0.05) is 42.5 Å². The lowest BCUT2D eigenvalue weighted by Gasteiger charge is -2.07. The van der Waals surface area contributed by atoms with Crippen molar-refractivity contribution >= 4 is 21.8 Å². The van der Waals surface area contributed by atoms with E-state index >= 15 is 0 Å². The van der Waals surface area contributed by atoms with Crippen LogP contribution in [0.15, 0.2) is 59.5 Å². The Morgan fingerprint density at radius 3 is 1.74 bits per heavy atom. The maximum absolute atomic E-state index is 11.8. The highest BCUT2D eigenvalue weighted by Crippen LogP contribution is 2.08. The minimum atomic E-state index is -3.71. The lowest BCUT2D eigenvalue weighted by molar-refractivity contribution is -0.129. The summed E-state index contributed by atoms with van der Waals surface area (Å²) in [6.45, 7) is 0.831. The van der Waals surface area contributed by atoms with Crippen LogP contribution in [-0.2, 0) is 32.5 Å². The lowest BCUT2D eigenvalue weighted by Crippen LogP contribution is -2.33. The van der Waals surface area contributed by atoms with E-state index < -0.39 is 10.0 Å². The van der Waals surface area contributed by atoms with Gasteiger partial charge in [0, 0.05) is 13.1 Å². The molecule has 2 aromatic rings. The molecule has 0 unspecified atom stereocenters. The van der Waals surface area contributed by atoms with Gasteiger partial charge in [-0.3, -0.25) is 9.59 Å². The standard InChI is InChI=1S/C19H23N3O4S/c20-27(25,26)17-8-6-16(7-9-17)11-13-22-19(24)14-18(23)21-12-10-15-4-2-1-3-5-15/h1-9H,10-14H2,(H,21,23)(H,22,24)(H2,20,25,26). The van der Waals surface area contributed by atoms with Gasteiger partial charge in [-0.25, -0.2) is 13.6 Å². The second-order valence-electron chi connectivity index (χ2n) is 6.05. The number of sulfonamides is 1. The first-order valence-corrected chi connectivity index (χ1v) is 10.1. The van der Waals surface area contributed by atoms with E-state index in [1.54, 1.807) is 12.1 Å². The second-order valence-corrected chi connectivity index (χ2v) is 7.61. The summed E-state index contributed by atoms with van der Waals surface area (Å²) in [4.78, 5) is 23.6. The molecule has 0 saturated heterocycles. The van der Waals surface area contributed by atoms with Crippen LogP contribution in [0, 0.1) is 0 Å². The van der Waals surface area contributed by atoms with Gasteiger partial charge >= 0.3 is 0 Å². The number of primary sulfonamides is 1.